The molecule has 2 rings (SSSR count). The fourth-order valence-electron chi connectivity index (χ4n) is 2.24. The Hall–Kier alpha value is -1.36. The van der Waals surface area contributed by atoms with Gasteiger partial charge in [0.05, 0.1) is 7.11 Å². The summed E-state index contributed by atoms with van der Waals surface area (Å²) in [6.07, 6.45) is 2.95. The maximum absolute atomic E-state index is 5.70. The van der Waals surface area contributed by atoms with E-state index in [-0.39, 0.29) is 6.04 Å². The van der Waals surface area contributed by atoms with Crippen LogP contribution in [0.4, 0.5) is 0 Å². The first-order valence-corrected chi connectivity index (χ1v) is 7.73. The fourth-order valence-corrected chi connectivity index (χ4v) is 3.28. The van der Waals surface area contributed by atoms with Gasteiger partial charge in [-0.25, -0.2) is 0 Å². The van der Waals surface area contributed by atoms with Crippen molar-refractivity contribution in [3.05, 3.63) is 51.7 Å². The van der Waals surface area contributed by atoms with Gasteiger partial charge in [-0.05, 0) is 49.1 Å². The maximum atomic E-state index is 5.70. The van der Waals surface area contributed by atoms with Crippen LogP contribution in [0.2, 0.25) is 0 Å². The summed E-state index contributed by atoms with van der Waals surface area (Å²) in [5, 5.41) is 0. The molecular weight excluding hydrogens is 268 g/mol. The van der Waals surface area contributed by atoms with Crippen molar-refractivity contribution in [3.8, 4) is 5.75 Å². The molecule has 1 aromatic heterocycles. The van der Waals surface area contributed by atoms with Crippen molar-refractivity contribution in [2.24, 2.45) is 5.84 Å². The van der Waals surface area contributed by atoms with Gasteiger partial charge in [0.2, 0.25) is 0 Å². The van der Waals surface area contributed by atoms with Gasteiger partial charge in [-0.1, -0.05) is 19.1 Å². The van der Waals surface area contributed by atoms with Crippen molar-refractivity contribution < 1.29 is 4.74 Å². The van der Waals surface area contributed by atoms with E-state index >= 15 is 0 Å². The van der Waals surface area contributed by atoms with Crippen molar-refractivity contribution in [1.29, 1.82) is 0 Å². The zero-order chi connectivity index (χ0) is 14.4. The number of hydrogen-bond donors (Lipinski definition) is 2. The van der Waals surface area contributed by atoms with Crippen LogP contribution in [0.1, 0.15) is 22.2 Å². The third-order valence-corrected chi connectivity index (χ3v) is 4.62. The van der Waals surface area contributed by atoms with E-state index in [9.17, 15) is 0 Å². The van der Waals surface area contributed by atoms with Gasteiger partial charge in [0.1, 0.15) is 5.75 Å². The number of methoxy groups -OCH3 is 1. The molecule has 4 heteroatoms. The highest BCUT2D eigenvalue weighted by molar-refractivity contribution is 7.11. The minimum atomic E-state index is 0.241. The summed E-state index contributed by atoms with van der Waals surface area (Å²) in [5.41, 5.74) is 4.17. The number of ether oxygens (including phenoxy) is 1. The van der Waals surface area contributed by atoms with Crippen molar-refractivity contribution >= 4 is 11.3 Å². The smallest absolute Gasteiger partial charge is 0.119 e. The van der Waals surface area contributed by atoms with Crippen molar-refractivity contribution in [2.75, 3.05) is 7.11 Å². The van der Waals surface area contributed by atoms with Crippen LogP contribution in [0.15, 0.2) is 36.4 Å². The lowest BCUT2D eigenvalue weighted by atomic mass is 10.0. The number of nitrogens with two attached hydrogens (primary N) is 1. The summed E-state index contributed by atoms with van der Waals surface area (Å²) < 4.78 is 5.26. The number of hydrazine groups is 1. The summed E-state index contributed by atoms with van der Waals surface area (Å²) in [5.74, 6) is 6.59. The zero-order valence-corrected chi connectivity index (χ0v) is 12.9. The molecule has 0 amide bonds. The Bertz CT molecular complexity index is 539. The summed E-state index contributed by atoms with van der Waals surface area (Å²) in [7, 11) is 1.69. The van der Waals surface area contributed by atoms with E-state index in [4.69, 9.17) is 10.6 Å². The van der Waals surface area contributed by atoms with Gasteiger partial charge in [0.25, 0.3) is 0 Å². The van der Waals surface area contributed by atoms with Gasteiger partial charge >= 0.3 is 0 Å². The first-order chi connectivity index (χ1) is 9.75. The number of thiophene rings is 1. The van der Waals surface area contributed by atoms with Gasteiger partial charge < -0.3 is 4.74 Å². The zero-order valence-electron chi connectivity index (χ0n) is 12.1. The minimum Gasteiger partial charge on any atom is -0.497 e. The first-order valence-electron chi connectivity index (χ1n) is 6.91. The average molecular weight is 290 g/mol. The van der Waals surface area contributed by atoms with E-state index in [0.717, 1.165) is 25.0 Å². The maximum Gasteiger partial charge on any atom is 0.119 e. The number of benzene rings is 1. The molecular formula is C16H22N2OS. The van der Waals surface area contributed by atoms with Crippen LogP contribution in [0.25, 0.3) is 0 Å². The predicted molar refractivity (Wildman–Crippen MR) is 85.2 cm³/mol. The van der Waals surface area contributed by atoms with Crippen LogP contribution in [-0.4, -0.2) is 13.2 Å². The molecule has 0 aliphatic rings. The third kappa shape index (κ3) is 4.07. The molecule has 1 unspecified atom stereocenters. The van der Waals surface area contributed by atoms with E-state index in [2.05, 4.69) is 36.6 Å². The van der Waals surface area contributed by atoms with E-state index in [1.165, 1.54) is 15.3 Å². The van der Waals surface area contributed by atoms with Crippen LogP contribution in [-0.2, 0) is 19.3 Å². The van der Waals surface area contributed by atoms with Gasteiger partial charge in [0, 0.05) is 15.8 Å². The largest absolute Gasteiger partial charge is 0.497 e. The molecule has 0 spiro atoms. The molecule has 2 aromatic rings. The molecule has 1 atom stereocenters. The molecule has 0 aliphatic carbocycles. The minimum absolute atomic E-state index is 0.241. The molecule has 0 bridgehead atoms. The number of nitrogens with one attached hydrogen (secondary N) is 1. The monoisotopic (exact) mass is 290 g/mol. The molecule has 0 fully saturated rings. The van der Waals surface area contributed by atoms with Gasteiger partial charge in [-0.15, -0.1) is 11.3 Å². The lowest BCUT2D eigenvalue weighted by molar-refractivity contribution is 0.413. The Kier molecular flexibility index (Phi) is 5.59. The average Bonchev–Trinajstić information content (AvgIpc) is 2.94. The summed E-state index contributed by atoms with van der Waals surface area (Å²) in [4.78, 5) is 2.81. The van der Waals surface area contributed by atoms with E-state index in [0.29, 0.717) is 0 Å². The molecule has 3 nitrogen and oxygen atoms in total. The first kappa shape index (κ1) is 15.0. The second-order valence-electron chi connectivity index (χ2n) is 4.84. The van der Waals surface area contributed by atoms with E-state index in [1.54, 1.807) is 7.11 Å². The van der Waals surface area contributed by atoms with Crippen molar-refractivity contribution in [2.45, 2.75) is 32.2 Å². The highest BCUT2D eigenvalue weighted by Gasteiger charge is 2.11. The molecule has 3 N–H and O–H groups in total. The Morgan fingerprint density at radius 2 is 2.00 bits per heavy atom. The summed E-state index contributed by atoms with van der Waals surface area (Å²) in [6.45, 7) is 2.19. The predicted octanol–water partition coefficient (Wildman–Crippen LogP) is 2.94. The quantitative estimate of drug-likeness (QED) is 0.609. The van der Waals surface area contributed by atoms with Crippen LogP contribution < -0.4 is 16.0 Å². The number of aryl methyl sites for hydroxylation is 1. The van der Waals surface area contributed by atoms with Crippen LogP contribution >= 0.6 is 11.3 Å². The molecule has 0 saturated heterocycles. The van der Waals surface area contributed by atoms with Gasteiger partial charge in [-0.3, -0.25) is 11.3 Å². The fraction of sp³-hybridized carbons (Fsp3) is 0.375. The molecule has 0 aliphatic heterocycles. The highest BCUT2D eigenvalue weighted by Crippen LogP contribution is 2.20. The molecule has 1 heterocycles. The van der Waals surface area contributed by atoms with Crippen molar-refractivity contribution in [3.63, 3.8) is 0 Å². The molecule has 1 aromatic carbocycles. The van der Waals surface area contributed by atoms with Crippen molar-refractivity contribution in [1.82, 2.24) is 5.43 Å². The Labute approximate surface area is 124 Å². The summed E-state index contributed by atoms with van der Waals surface area (Å²) in [6, 6.07) is 12.8. The normalized spacial score (nSPS) is 12.3. The lowest BCUT2D eigenvalue weighted by Gasteiger charge is -2.15. The summed E-state index contributed by atoms with van der Waals surface area (Å²) >= 11 is 1.87. The van der Waals surface area contributed by atoms with E-state index in [1.807, 2.05) is 23.5 Å². The van der Waals surface area contributed by atoms with Gasteiger partial charge in [0.15, 0.2) is 0 Å². The van der Waals surface area contributed by atoms with Crippen LogP contribution in [0.5, 0.6) is 5.75 Å². The highest BCUT2D eigenvalue weighted by atomic mass is 32.1. The third-order valence-electron chi connectivity index (χ3n) is 3.37. The Balaban J connectivity index is 2.00. The Morgan fingerprint density at radius 3 is 2.65 bits per heavy atom. The lowest BCUT2D eigenvalue weighted by Crippen LogP contribution is -2.38. The standard InChI is InChI=1S/C16H22N2OS/c1-3-15-7-8-16(20-15)11-13(18-17)9-12-5-4-6-14(10-12)19-2/h4-8,10,13,18H,3,9,11,17H2,1-2H3. The second kappa shape index (κ2) is 7.43. The molecule has 108 valence electrons. The van der Waals surface area contributed by atoms with Gasteiger partial charge in [-0.2, -0.15) is 0 Å². The SMILES string of the molecule is CCc1ccc(CC(Cc2cccc(OC)c2)NN)s1. The van der Waals surface area contributed by atoms with E-state index < -0.39 is 0 Å². The molecule has 20 heavy (non-hydrogen) atoms. The Morgan fingerprint density at radius 1 is 1.20 bits per heavy atom. The molecule has 0 saturated carbocycles. The number of hydrogen-bond acceptors (Lipinski definition) is 4. The van der Waals surface area contributed by atoms with Crippen LogP contribution in [0.3, 0.4) is 0 Å². The van der Waals surface area contributed by atoms with Crippen LogP contribution in [0, 0.1) is 0 Å². The number of rotatable bonds is 7. The second-order valence-corrected chi connectivity index (χ2v) is 6.10. The molecule has 0 radical (unpaired) electrons. The topological polar surface area (TPSA) is 47.3 Å².